The molecule has 3 nitrogen and oxygen atoms in total. The van der Waals surface area contributed by atoms with Gasteiger partial charge in [-0.3, -0.25) is 0 Å². The van der Waals surface area contributed by atoms with Crippen LogP contribution in [-0.2, 0) is 11.3 Å². The molecular weight excluding hydrogens is 252 g/mol. The molecule has 0 aliphatic heterocycles. The van der Waals surface area contributed by atoms with Crippen LogP contribution in [0.15, 0.2) is 24.3 Å². The Hall–Kier alpha value is -1.35. The molecule has 1 aromatic rings. The second-order valence-corrected chi connectivity index (χ2v) is 6.85. The van der Waals surface area contributed by atoms with Crippen molar-refractivity contribution in [1.29, 1.82) is 0 Å². The van der Waals surface area contributed by atoms with E-state index in [1.165, 1.54) is 6.42 Å². The number of hydrogen-bond acceptors (Lipinski definition) is 2. The monoisotopic (exact) mass is 276 g/mol. The maximum Gasteiger partial charge on any atom is 0.335 e. The van der Waals surface area contributed by atoms with Gasteiger partial charge in [-0.15, -0.1) is 0 Å². The highest BCUT2D eigenvalue weighted by molar-refractivity contribution is 5.87. The zero-order chi connectivity index (χ0) is 14.8. The summed E-state index contributed by atoms with van der Waals surface area (Å²) in [5.41, 5.74) is 1.59. The highest BCUT2D eigenvalue weighted by atomic mass is 16.5. The molecule has 1 fully saturated rings. The van der Waals surface area contributed by atoms with Crippen LogP contribution < -0.4 is 0 Å². The van der Waals surface area contributed by atoms with Gasteiger partial charge in [0.15, 0.2) is 0 Å². The third-order valence-electron chi connectivity index (χ3n) is 4.01. The van der Waals surface area contributed by atoms with Crippen LogP contribution in [0.2, 0.25) is 0 Å². The van der Waals surface area contributed by atoms with E-state index < -0.39 is 5.97 Å². The molecule has 1 aliphatic carbocycles. The summed E-state index contributed by atoms with van der Waals surface area (Å²) in [6, 6.07) is 7.00. The molecule has 20 heavy (non-hydrogen) atoms. The number of carboxylic acid groups (broad SMARTS) is 1. The molecule has 1 N–H and O–H groups in total. The summed E-state index contributed by atoms with van der Waals surface area (Å²) in [5.74, 6) is -0.201. The standard InChI is InChI=1S/C17H24O3/c1-12-7-15(10-17(2,3)9-12)20-11-13-5-4-6-14(8-13)16(18)19/h4-6,8,12,15H,7,9-11H2,1-3H3,(H,18,19). The molecule has 0 heterocycles. The molecule has 0 saturated heterocycles. The van der Waals surface area contributed by atoms with Gasteiger partial charge < -0.3 is 9.84 Å². The van der Waals surface area contributed by atoms with Gasteiger partial charge >= 0.3 is 5.97 Å². The van der Waals surface area contributed by atoms with E-state index >= 15 is 0 Å². The van der Waals surface area contributed by atoms with Crippen molar-refractivity contribution < 1.29 is 14.6 Å². The molecule has 110 valence electrons. The average Bonchev–Trinajstić information content (AvgIpc) is 2.34. The minimum atomic E-state index is -0.890. The Labute approximate surface area is 121 Å². The molecule has 3 heteroatoms. The van der Waals surface area contributed by atoms with Crippen LogP contribution >= 0.6 is 0 Å². The van der Waals surface area contributed by atoms with Gasteiger partial charge in [0.2, 0.25) is 0 Å². The van der Waals surface area contributed by atoms with E-state index in [2.05, 4.69) is 20.8 Å². The van der Waals surface area contributed by atoms with E-state index in [0.29, 0.717) is 23.5 Å². The molecule has 2 rings (SSSR count). The van der Waals surface area contributed by atoms with E-state index in [9.17, 15) is 4.79 Å². The van der Waals surface area contributed by atoms with Crippen molar-refractivity contribution >= 4 is 5.97 Å². The first-order chi connectivity index (χ1) is 9.35. The molecular formula is C17H24O3. The lowest BCUT2D eigenvalue weighted by atomic mass is 9.71. The van der Waals surface area contributed by atoms with E-state index in [4.69, 9.17) is 9.84 Å². The fourth-order valence-electron chi connectivity index (χ4n) is 3.39. The van der Waals surface area contributed by atoms with Crippen LogP contribution in [0.25, 0.3) is 0 Å². The minimum Gasteiger partial charge on any atom is -0.478 e. The first kappa shape index (κ1) is 15.0. The van der Waals surface area contributed by atoms with Gasteiger partial charge in [0.25, 0.3) is 0 Å². The number of carbonyl (C=O) groups is 1. The molecule has 0 aromatic heterocycles. The smallest absolute Gasteiger partial charge is 0.335 e. The second-order valence-electron chi connectivity index (χ2n) is 6.85. The Morgan fingerprint density at radius 2 is 2.15 bits per heavy atom. The summed E-state index contributed by atoms with van der Waals surface area (Å²) in [6.07, 6.45) is 3.71. The van der Waals surface area contributed by atoms with Gasteiger partial charge in [0.05, 0.1) is 18.3 Å². The molecule has 0 radical (unpaired) electrons. The minimum absolute atomic E-state index is 0.280. The third kappa shape index (κ3) is 4.07. The second kappa shape index (κ2) is 5.96. The van der Waals surface area contributed by atoms with Gasteiger partial charge in [-0.05, 0) is 48.3 Å². The molecule has 0 bridgehead atoms. The number of carboxylic acids is 1. The maximum absolute atomic E-state index is 10.9. The van der Waals surface area contributed by atoms with Crippen molar-refractivity contribution in [1.82, 2.24) is 0 Å². The van der Waals surface area contributed by atoms with Crippen molar-refractivity contribution in [3.8, 4) is 0 Å². The van der Waals surface area contributed by atoms with Crippen molar-refractivity contribution in [3.63, 3.8) is 0 Å². The molecule has 0 spiro atoms. The number of hydrogen-bond donors (Lipinski definition) is 1. The fourth-order valence-corrected chi connectivity index (χ4v) is 3.39. The molecule has 1 saturated carbocycles. The van der Waals surface area contributed by atoms with Crippen LogP contribution in [-0.4, -0.2) is 17.2 Å². The van der Waals surface area contributed by atoms with Crippen LogP contribution in [0.5, 0.6) is 0 Å². The number of rotatable bonds is 4. The quantitative estimate of drug-likeness (QED) is 0.900. The van der Waals surface area contributed by atoms with Crippen molar-refractivity contribution in [2.75, 3.05) is 0 Å². The van der Waals surface area contributed by atoms with Crippen LogP contribution in [0, 0.1) is 11.3 Å². The lowest BCUT2D eigenvalue weighted by Gasteiger charge is -2.38. The molecule has 2 unspecified atom stereocenters. The van der Waals surface area contributed by atoms with Gasteiger partial charge in [-0.1, -0.05) is 32.9 Å². The van der Waals surface area contributed by atoms with Crippen molar-refractivity contribution in [3.05, 3.63) is 35.4 Å². The summed E-state index contributed by atoms with van der Waals surface area (Å²) in [6.45, 7) is 7.37. The summed E-state index contributed by atoms with van der Waals surface area (Å²) in [4.78, 5) is 10.9. The highest BCUT2D eigenvalue weighted by Crippen LogP contribution is 2.39. The molecule has 1 aromatic carbocycles. The Kier molecular flexibility index (Phi) is 4.48. The zero-order valence-electron chi connectivity index (χ0n) is 12.6. The normalized spacial score (nSPS) is 25.4. The summed E-state index contributed by atoms with van der Waals surface area (Å²) in [5, 5.41) is 8.99. The molecule has 1 aliphatic rings. The molecule has 2 atom stereocenters. The van der Waals surface area contributed by atoms with Gasteiger partial charge in [0.1, 0.15) is 0 Å². The Morgan fingerprint density at radius 1 is 1.40 bits per heavy atom. The summed E-state index contributed by atoms with van der Waals surface area (Å²) in [7, 11) is 0. The zero-order valence-corrected chi connectivity index (χ0v) is 12.6. The van der Waals surface area contributed by atoms with Crippen LogP contribution in [0.1, 0.15) is 56.0 Å². The first-order valence-electron chi connectivity index (χ1n) is 7.29. The highest BCUT2D eigenvalue weighted by Gasteiger charge is 2.32. The van der Waals surface area contributed by atoms with Gasteiger partial charge in [-0.2, -0.15) is 0 Å². The largest absolute Gasteiger partial charge is 0.478 e. The third-order valence-corrected chi connectivity index (χ3v) is 4.01. The topological polar surface area (TPSA) is 46.5 Å². The lowest BCUT2D eigenvalue weighted by molar-refractivity contribution is -0.0316. The Bertz CT molecular complexity index is 479. The summed E-state index contributed by atoms with van der Waals surface area (Å²) < 4.78 is 6.02. The van der Waals surface area contributed by atoms with E-state index in [1.54, 1.807) is 18.2 Å². The fraction of sp³-hybridized carbons (Fsp3) is 0.588. The molecule has 0 amide bonds. The predicted octanol–water partition coefficient (Wildman–Crippen LogP) is 4.12. The average molecular weight is 276 g/mol. The van der Waals surface area contributed by atoms with E-state index in [0.717, 1.165) is 18.4 Å². The Balaban J connectivity index is 1.95. The first-order valence-corrected chi connectivity index (χ1v) is 7.29. The van der Waals surface area contributed by atoms with Crippen molar-refractivity contribution in [2.45, 2.75) is 52.7 Å². The predicted molar refractivity (Wildman–Crippen MR) is 78.8 cm³/mol. The van der Waals surface area contributed by atoms with Gasteiger partial charge in [-0.25, -0.2) is 4.79 Å². The maximum atomic E-state index is 10.9. The van der Waals surface area contributed by atoms with Crippen LogP contribution in [0.4, 0.5) is 0 Å². The Morgan fingerprint density at radius 3 is 2.80 bits per heavy atom. The van der Waals surface area contributed by atoms with Gasteiger partial charge in [0, 0.05) is 0 Å². The van der Waals surface area contributed by atoms with E-state index in [-0.39, 0.29) is 6.10 Å². The number of aromatic carboxylic acids is 1. The number of benzene rings is 1. The van der Waals surface area contributed by atoms with E-state index in [1.807, 2.05) is 6.07 Å². The lowest BCUT2D eigenvalue weighted by Crippen LogP contribution is -2.32. The summed E-state index contributed by atoms with van der Waals surface area (Å²) >= 11 is 0. The SMILES string of the molecule is CC1CC(OCc2cccc(C(=O)O)c2)CC(C)(C)C1. The van der Waals surface area contributed by atoms with Crippen LogP contribution in [0.3, 0.4) is 0 Å². The van der Waals surface area contributed by atoms with Crippen molar-refractivity contribution in [2.24, 2.45) is 11.3 Å². The number of ether oxygens (including phenoxy) is 1.